The molecule has 0 aromatic rings. The molecular weight excluding hydrogens is 528 g/mol. The number of unbranched alkanes of at least 4 members (excludes halogenated alkanes) is 1. The van der Waals surface area contributed by atoms with E-state index in [9.17, 15) is 38.7 Å². The molecule has 0 saturated carbocycles. The van der Waals surface area contributed by atoms with Crippen LogP contribution in [0, 0.1) is 5.92 Å². The van der Waals surface area contributed by atoms with Gasteiger partial charge in [0.2, 0.25) is 35.4 Å². The molecule has 16 heteroatoms. The van der Waals surface area contributed by atoms with Gasteiger partial charge in [0.1, 0.15) is 24.2 Å². The first kappa shape index (κ1) is 36.2. The lowest BCUT2D eigenvalue weighted by atomic mass is 10.0. The highest BCUT2D eigenvalue weighted by atomic mass is 16.4. The van der Waals surface area contributed by atoms with Crippen LogP contribution in [-0.2, 0) is 33.6 Å². The van der Waals surface area contributed by atoms with E-state index in [2.05, 4.69) is 21.3 Å². The molecule has 0 aromatic carbocycles. The van der Waals surface area contributed by atoms with Gasteiger partial charge in [0.25, 0.3) is 0 Å². The molecule has 13 N–H and O–H groups in total. The molecule has 0 rings (SSSR count). The fourth-order valence-corrected chi connectivity index (χ4v) is 3.52. The topological polar surface area (TPSA) is 292 Å². The van der Waals surface area contributed by atoms with Crippen molar-refractivity contribution in [3.63, 3.8) is 0 Å². The molecule has 40 heavy (non-hydrogen) atoms. The van der Waals surface area contributed by atoms with Gasteiger partial charge in [-0.15, -0.1) is 0 Å². The average Bonchev–Trinajstić information content (AvgIpc) is 2.84. The summed E-state index contributed by atoms with van der Waals surface area (Å²) in [6, 6.07) is -6.18. The number of carboxylic acid groups (broad SMARTS) is 1. The van der Waals surface area contributed by atoms with E-state index in [-0.39, 0.29) is 25.2 Å². The molecule has 228 valence electrons. The summed E-state index contributed by atoms with van der Waals surface area (Å²) in [6.45, 7) is 5.45. The Balaban J connectivity index is 5.40. The van der Waals surface area contributed by atoms with E-state index in [1.165, 1.54) is 6.92 Å². The van der Waals surface area contributed by atoms with Gasteiger partial charge in [-0.1, -0.05) is 20.3 Å². The maximum absolute atomic E-state index is 12.9. The first-order chi connectivity index (χ1) is 18.6. The summed E-state index contributed by atoms with van der Waals surface area (Å²) in [5.41, 5.74) is 21.6. The number of carbonyl (C=O) groups is 7. The zero-order chi connectivity index (χ0) is 31.0. The normalized spacial score (nSPS) is 14.7. The van der Waals surface area contributed by atoms with Crippen LogP contribution in [0.4, 0.5) is 0 Å². The zero-order valence-corrected chi connectivity index (χ0v) is 23.2. The highest BCUT2D eigenvalue weighted by Gasteiger charge is 2.31. The molecule has 0 aliphatic carbocycles. The highest BCUT2D eigenvalue weighted by molar-refractivity contribution is 5.96. The number of aliphatic carboxylic acids is 1. The molecule has 0 aliphatic heterocycles. The molecule has 6 amide bonds. The van der Waals surface area contributed by atoms with Gasteiger partial charge in [0.15, 0.2) is 0 Å². The van der Waals surface area contributed by atoms with Crippen molar-refractivity contribution in [2.24, 2.45) is 28.9 Å². The predicted molar refractivity (Wildman–Crippen MR) is 144 cm³/mol. The van der Waals surface area contributed by atoms with Gasteiger partial charge in [0.05, 0.1) is 12.5 Å². The van der Waals surface area contributed by atoms with Crippen LogP contribution in [-0.4, -0.2) is 83.3 Å². The van der Waals surface area contributed by atoms with E-state index >= 15 is 0 Å². The summed E-state index contributed by atoms with van der Waals surface area (Å²) in [5, 5.41) is 18.7. The SMILES string of the molecule is CC(C)C[C@H](NC(=O)[C@@H](N)CCCCN)C(=O)N[C@@H](C)C(=O)N[C@@H](CC(N)=O)C(=O)N[C@@H](CCC(N)=O)C(=O)O. The third-order valence-corrected chi connectivity index (χ3v) is 5.73. The second-order valence-corrected chi connectivity index (χ2v) is 9.95. The van der Waals surface area contributed by atoms with Crippen LogP contribution in [0.5, 0.6) is 0 Å². The number of rotatable bonds is 20. The Bertz CT molecular complexity index is 913. The predicted octanol–water partition coefficient (Wildman–Crippen LogP) is -3.33. The van der Waals surface area contributed by atoms with Gasteiger partial charge in [-0.2, -0.15) is 0 Å². The molecule has 0 heterocycles. The first-order valence-electron chi connectivity index (χ1n) is 13.0. The van der Waals surface area contributed by atoms with Crippen LogP contribution in [0.2, 0.25) is 0 Å². The number of amides is 6. The second kappa shape index (κ2) is 18.5. The number of hydrogen-bond donors (Lipinski definition) is 9. The fraction of sp³-hybridized carbons (Fsp3) is 0.708. The van der Waals surface area contributed by atoms with Gasteiger partial charge in [-0.25, -0.2) is 4.79 Å². The fourth-order valence-electron chi connectivity index (χ4n) is 3.52. The van der Waals surface area contributed by atoms with Gasteiger partial charge in [-0.05, 0) is 45.1 Å². The number of carboxylic acids is 1. The number of nitrogens with one attached hydrogen (secondary N) is 4. The number of hydrogen-bond acceptors (Lipinski definition) is 9. The van der Waals surface area contributed by atoms with Crippen molar-refractivity contribution < 1.29 is 38.7 Å². The summed E-state index contributed by atoms with van der Waals surface area (Å²) in [4.78, 5) is 84.8. The Labute approximate surface area is 233 Å². The minimum Gasteiger partial charge on any atom is -0.480 e. The van der Waals surface area contributed by atoms with Crippen molar-refractivity contribution in [1.29, 1.82) is 0 Å². The third-order valence-electron chi connectivity index (χ3n) is 5.73. The Morgan fingerprint density at radius 1 is 0.700 bits per heavy atom. The molecule has 0 aromatic heterocycles. The molecule has 0 bridgehead atoms. The third kappa shape index (κ3) is 15.0. The van der Waals surface area contributed by atoms with Crippen LogP contribution in [0.1, 0.15) is 65.7 Å². The van der Waals surface area contributed by atoms with Crippen LogP contribution in [0.3, 0.4) is 0 Å². The monoisotopic (exact) mass is 572 g/mol. The molecular formula is C24H44N8O8. The summed E-state index contributed by atoms with van der Waals surface area (Å²) < 4.78 is 0. The average molecular weight is 573 g/mol. The molecule has 0 spiro atoms. The lowest BCUT2D eigenvalue weighted by Crippen LogP contribution is -2.58. The van der Waals surface area contributed by atoms with Crippen molar-refractivity contribution >= 4 is 41.4 Å². The van der Waals surface area contributed by atoms with Crippen molar-refractivity contribution in [3.05, 3.63) is 0 Å². The molecule has 0 saturated heterocycles. The minimum atomic E-state index is -1.57. The van der Waals surface area contributed by atoms with Crippen molar-refractivity contribution in [3.8, 4) is 0 Å². The lowest BCUT2D eigenvalue weighted by molar-refractivity contribution is -0.142. The number of carbonyl (C=O) groups excluding carboxylic acids is 6. The minimum absolute atomic E-state index is 0.00552. The largest absolute Gasteiger partial charge is 0.480 e. The Hall–Kier alpha value is -3.79. The van der Waals surface area contributed by atoms with E-state index < -0.39 is 78.0 Å². The summed E-state index contributed by atoms with van der Waals surface area (Å²) in [6.07, 6.45) is 0.640. The van der Waals surface area contributed by atoms with Gasteiger partial charge >= 0.3 is 5.97 Å². The Morgan fingerprint density at radius 2 is 1.25 bits per heavy atom. The van der Waals surface area contributed by atoms with E-state index in [0.29, 0.717) is 25.8 Å². The molecule has 0 aliphatic rings. The molecule has 0 unspecified atom stereocenters. The summed E-state index contributed by atoms with van der Waals surface area (Å²) in [5.74, 6) is -6.35. The molecule has 5 atom stereocenters. The van der Waals surface area contributed by atoms with Gasteiger partial charge < -0.3 is 49.3 Å². The second-order valence-electron chi connectivity index (χ2n) is 9.95. The number of primary amides is 2. The van der Waals surface area contributed by atoms with Crippen molar-refractivity contribution in [2.75, 3.05) is 6.54 Å². The smallest absolute Gasteiger partial charge is 0.326 e. The lowest BCUT2D eigenvalue weighted by Gasteiger charge is -2.25. The van der Waals surface area contributed by atoms with Crippen LogP contribution in [0.15, 0.2) is 0 Å². The van der Waals surface area contributed by atoms with Crippen LogP contribution >= 0.6 is 0 Å². The van der Waals surface area contributed by atoms with Crippen LogP contribution in [0.25, 0.3) is 0 Å². The number of nitrogens with two attached hydrogens (primary N) is 4. The van der Waals surface area contributed by atoms with Crippen molar-refractivity contribution in [2.45, 2.75) is 95.9 Å². The van der Waals surface area contributed by atoms with Gasteiger partial charge in [0, 0.05) is 6.42 Å². The highest BCUT2D eigenvalue weighted by Crippen LogP contribution is 2.07. The Morgan fingerprint density at radius 3 is 1.75 bits per heavy atom. The van der Waals surface area contributed by atoms with E-state index in [1.54, 1.807) is 0 Å². The Kier molecular flexibility index (Phi) is 16.7. The zero-order valence-electron chi connectivity index (χ0n) is 23.2. The maximum Gasteiger partial charge on any atom is 0.326 e. The van der Waals surface area contributed by atoms with E-state index in [0.717, 1.165) is 0 Å². The molecule has 0 fully saturated rings. The maximum atomic E-state index is 12.9. The van der Waals surface area contributed by atoms with E-state index in [4.69, 9.17) is 22.9 Å². The van der Waals surface area contributed by atoms with E-state index in [1.807, 2.05) is 13.8 Å². The summed E-state index contributed by atoms with van der Waals surface area (Å²) in [7, 11) is 0. The standard InChI is InChI=1S/C24H44N8O8/c1-12(2)10-16(32-21(36)14(26)6-4-5-9-25)22(37)29-13(3)20(35)31-17(11-19(28)34)23(38)30-15(24(39)40)7-8-18(27)33/h12-17H,4-11,25-26H2,1-3H3,(H2,27,33)(H2,28,34)(H,29,37)(H,30,38)(H,31,35)(H,32,36)(H,39,40)/t13-,14-,15-,16-,17-/m0/s1. The quantitative estimate of drug-likeness (QED) is 0.0654. The summed E-state index contributed by atoms with van der Waals surface area (Å²) >= 11 is 0. The van der Waals surface area contributed by atoms with Crippen molar-refractivity contribution in [1.82, 2.24) is 21.3 Å². The van der Waals surface area contributed by atoms with Crippen LogP contribution < -0.4 is 44.2 Å². The van der Waals surface area contributed by atoms with Gasteiger partial charge in [-0.3, -0.25) is 28.8 Å². The molecule has 16 nitrogen and oxygen atoms in total. The molecule has 0 radical (unpaired) electrons. The first-order valence-corrected chi connectivity index (χ1v) is 13.0.